The van der Waals surface area contributed by atoms with Gasteiger partial charge in [-0.05, 0) is 67.6 Å². The molecule has 0 bridgehead atoms. The standard InChI is InChI=1S/C45H30N2/c1-3-17-31(18-4-1)33-21-7-8-22-34(33)43-35-23-9-11-25-37(35)44(38-26-12-10-24-36(38)43)39-27-13-15-29-41(39)47-42-30-16-14-28-40(42)46-45(47)32-19-5-2-6-20-32/h1-30H/i1D,3D,4D,17D,18D. The third kappa shape index (κ3) is 4.46. The van der Waals surface area contributed by atoms with Crippen molar-refractivity contribution in [2.45, 2.75) is 0 Å². The molecule has 2 heteroatoms. The Balaban J connectivity index is 1.38. The maximum absolute atomic E-state index is 8.85. The Hall–Kier alpha value is -6.25. The lowest BCUT2D eigenvalue weighted by Crippen LogP contribution is -2.01. The van der Waals surface area contributed by atoms with E-state index in [2.05, 4.69) is 83.4 Å². The second kappa shape index (κ2) is 11.3. The number of imidazole rings is 1. The van der Waals surface area contributed by atoms with Crippen LogP contribution >= 0.6 is 0 Å². The molecule has 9 aromatic rings. The Kier molecular flexibility index (Phi) is 5.35. The van der Waals surface area contributed by atoms with Gasteiger partial charge in [0.1, 0.15) is 5.82 Å². The van der Waals surface area contributed by atoms with Crippen molar-refractivity contribution in [2.75, 3.05) is 0 Å². The van der Waals surface area contributed by atoms with Gasteiger partial charge in [0.05, 0.1) is 23.6 Å². The van der Waals surface area contributed by atoms with E-state index in [0.29, 0.717) is 5.56 Å². The van der Waals surface area contributed by atoms with Crippen LogP contribution in [0.4, 0.5) is 0 Å². The zero-order valence-corrected chi connectivity index (χ0v) is 25.3. The summed E-state index contributed by atoms with van der Waals surface area (Å²) in [5.74, 6) is 0.854. The number of hydrogen-bond acceptors (Lipinski definition) is 1. The molecule has 9 rings (SSSR count). The topological polar surface area (TPSA) is 17.8 Å². The van der Waals surface area contributed by atoms with Crippen molar-refractivity contribution in [1.82, 2.24) is 9.55 Å². The molecule has 0 aliphatic heterocycles. The van der Waals surface area contributed by atoms with Gasteiger partial charge in [0, 0.05) is 11.1 Å². The van der Waals surface area contributed by atoms with Gasteiger partial charge in [0.25, 0.3) is 0 Å². The van der Waals surface area contributed by atoms with Crippen molar-refractivity contribution in [2.24, 2.45) is 0 Å². The van der Waals surface area contributed by atoms with Crippen LogP contribution in [0.3, 0.4) is 0 Å². The Morgan fingerprint density at radius 1 is 0.426 bits per heavy atom. The Labute approximate surface area is 280 Å². The molecule has 0 fully saturated rings. The summed E-state index contributed by atoms with van der Waals surface area (Å²) in [6.07, 6.45) is 0. The minimum Gasteiger partial charge on any atom is -0.292 e. The summed E-state index contributed by atoms with van der Waals surface area (Å²) in [6, 6.07) is 49.7. The highest BCUT2D eigenvalue weighted by Gasteiger charge is 2.22. The molecule has 0 amide bonds. The number of nitrogens with zero attached hydrogens (tertiary/aromatic N) is 2. The summed E-state index contributed by atoms with van der Waals surface area (Å²) in [6.45, 7) is 0. The lowest BCUT2D eigenvalue weighted by Gasteiger charge is -2.21. The van der Waals surface area contributed by atoms with Gasteiger partial charge in [0.15, 0.2) is 0 Å². The van der Waals surface area contributed by atoms with E-state index in [1.807, 2.05) is 72.8 Å². The maximum atomic E-state index is 8.85. The molecule has 1 aromatic heterocycles. The largest absolute Gasteiger partial charge is 0.292 e. The van der Waals surface area contributed by atoms with E-state index < -0.39 is 6.04 Å². The Morgan fingerprint density at radius 3 is 1.62 bits per heavy atom. The number of fused-ring (bicyclic) bond motifs is 3. The lowest BCUT2D eigenvalue weighted by molar-refractivity contribution is 1.10. The van der Waals surface area contributed by atoms with Crippen molar-refractivity contribution in [3.8, 4) is 50.5 Å². The molecular weight excluding hydrogens is 569 g/mol. The van der Waals surface area contributed by atoms with E-state index in [0.717, 1.165) is 71.9 Å². The number of hydrogen-bond donors (Lipinski definition) is 0. The fourth-order valence-electron chi connectivity index (χ4n) is 6.94. The first-order chi connectivity index (χ1) is 25.4. The molecule has 0 saturated heterocycles. The van der Waals surface area contributed by atoms with Crippen LogP contribution in [-0.4, -0.2) is 9.55 Å². The van der Waals surface area contributed by atoms with Crippen LogP contribution in [-0.2, 0) is 0 Å². The molecule has 0 saturated carbocycles. The van der Waals surface area contributed by atoms with Crippen molar-refractivity contribution >= 4 is 32.6 Å². The molecule has 0 atom stereocenters. The summed E-state index contributed by atoms with van der Waals surface area (Å²) in [5, 5.41) is 4.05. The van der Waals surface area contributed by atoms with Gasteiger partial charge in [-0.1, -0.05) is 164 Å². The Bertz CT molecular complexity index is 2770. The second-order valence-corrected chi connectivity index (χ2v) is 11.5. The van der Waals surface area contributed by atoms with Gasteiger partial charge >= 0.3 is 0 Å². The van der Waals surface area contributed by atoms with E-state index in [9.17, 15) is 0 Å². The van der Waals surface area contributed by atoms with Crippen molar-refractivity contribution < 1.29 is 6.85 Å². The third-order valence-electron chi connectivity index (χ3n) is 8.90. The average molecular weight is 604 g/mol. The quantitative estimate of drug-likeness (QED) is 0.179. The normalized spacial score (nSPS) is 12.9. The van der Waals surface area contributed by atoms with Gasteiger partial charge in [-0.2, -0.15) is 0 Å². The molecule has 0 unspecified atom stereocenters. The van der Waals surface area contributed by atoms with Gasteiger partial charge < -0.3 is 0 Å². The zero-order valence-electron chi connectivity index (χ0n) is 30.3. The Morgan fingerprint density at radius 2 is 0.936 bits per heavy atom. The van der Waals surface area contributed by atoms with Crippen molar-refractivity contribution in [3.63, 3.8) is 0 Å². The maximum Gasteiger partial charge on any atom is 0.145 e. The monoisotopic (exact) mass is 603 g/mol. The van der Waals surface area contributed by atoms with Crippen LogP contribution in [0.5, 0.6) is 0 Å². The van der Waals surface area contributed by atoms with Crippen LogP contribution in [0, 0.1) is 0 Å². The summed E-state index contributed by atoms with van der Waals surface area (Å²) in [5.41, 5.74) is 8.54. The number of benzene rings is 8. The van der Waals surface area contributed by atoms with E-state index in [4.69, 9.17) is 11.8 Å². The number of para-hydroxylation sites is 3. The van der Waals surface area contributed by atoms with Crippen LogP contribution in [0.1, 0.15) is 6.85 Å². The third-order valence-corrected chi connectivity index (χ3v) is 8.90. The fraction of sp³-hybridized carbons (Fsp3) is 0. The number of rotatable bonds is 5. The molecule has 47 heavy (non-hydrogen) atoms. The highest BCUT2D eigenvalue weighted by molar-refractivity contribution is 6.23. The number of aromatic nitrogens is 2. The van der Waals surface area contributed by atoms with Crippen molar-refractivity contribution in [1.29, 1.82) is 0 Å². The molecule has 2 nitrogen and oxygen atoms in total. The molecule has 0 N–H and O–H groups in total. The molecule has 1 heterocycles. The lowest BCUT2D eigenvalue weighted by atomic mass is 9.83. The molecule has 0 aliphatic rings. The van der Waals surface area contributed by atoms with E-state index in [-0.39, 0.29) is 29.7 Å². The van der Waals surface area contributed by atoms with Gasteiger partial charge in [-0.3, -0.25) is 4.57 Å². The van der Waals surface area contributed by atoms with E-state index in [1.165, 1.54) is 0 Å². The highest BCUT2D eigenvalue weighted by Crippen LogP contribution is 2.47. The summed E-state index contributed by atoms with van der Waals surface area (Å²) < 4.78 is 45.0. The van der Waals surface area contributed by atoms with Crippen molar-refractivity contribution in [3.05, 3.63) is 182 Å². The van der Waals surface area contributed by atoms with Gasteiger partial charge in [-0.25, -0.2) is 4.98 Å². The predicted octanol–water partition coefficient (Wildman–Crippen LogP) is 12.0. The minimum absolute atomic E-state index is 0.185. The van der Waals surface area contributed by atoms with Crippen LogP contribution in [0.25, 0.3) is 83.0 Å². The first-order valence-corrected chi connectivity index (χ1v) is 15.7. The molecule has 220 valence electrons. The minimum atomic E-state index is -0.406. The van der Waals surface area contributed by atoms with E-state index >= 15 is 0 Å². The van der Waals surface area contributed by atoms with Crippen LogP contribution in [0.15, 0.2) is 182 Å². The first-order valence-electron chi connectivity index (χ1n) is 18.2. The second-order valence-electron chi connectivity index (χ2n) is 11.5. The summed E-state index contributed by atoms with van der Waals surface area (Å²) >= 11 is 0. The molecule has 0 spiro atoms. The predicted molar refractivity (Wildman–Crippen MR) is 198 cm³/mol. The smallest absolute Gasteiger partial charge is 0.145 e. The fourth-order valence-corrected chi connectivity index (χ4v) is 6.94. The van der Waals surface area contributed by atoms with E-state index in [1.54, 1.807) is 0 Å². The SMILES string of the molecule is [2H]c1c([2H])c([2H])c(-c2ccccc2-c2c3ccccc3c(-c3ccccc3-n3c(-c4ccccc4)nc4ccccc43)c3ccccc23)c([2H])c1[2H]. The first kappa shape index (κ1) is 22.3. The summed E-state index contributed by atoms with van der Waals surface area (Å²) in [4.78, 5) is 5.14. The summed E-state index contributed by atoms with van der Waals surface area (Å²) in [7, 11) is 0. The molecule has 0 radical (unpaired) electrons. The van der Waals surface area contributed by atoms with Gasteiger partial charge in [-0.15, -0.1) is 0 Å². The van der Waals surface area contributed by atoms with Crippen LogP contribution < -0.4 is 0 Å². The van der Waals surface area contributed by atoms with Crippen LogP contribution in [0.2, 0.25) is 0 Å². The average Bonchev–Trinajstić information content (AvgIpc) is 3.59. The molecule has 0 aliphatic carbocycles. The van der Waals surface area contributed by atoms with Gasteiger partial charge in [0.2, 0.25) is 0 Å². The highest BCUT2D eigenvalue weighted by atomic mass is 15.1. The molecule has 8 aromatic carbocycles. The molecular formula is C45H30N2. The zero-order chi connectivity index (χ0) is 35.5.